The third-order valence-corrected chi connectivity index (χ3v) is 3.25. The van der Waals surface area contributed by atoms with Crippen LogP contribution in [0.3, 0.4) is 0 Å². The fraction of sp³-hybridized carbons (Fsp3) is 0.462. The molecule has 3 nitrogen and oxygen atoms in total. The van der Waals surface area contributed by atoms with Crippen molar-refractivity contribution in [2.24, 2.45) is 0 Å². The van der Waals surface area contributed by atoms with Crippen molar-refractivity contribution in [3.8, 4) is 0 Å². The average Bonchev–Trinajstić information content (AvgIpc) is 2.29. The molecule has 0 amide bonds. The molecule has 1 aliphatic rings. The molecule has 1 aliphatic heterocycles. The Bertz CT molecular complexity index is 414. The Kier molecular flexibility index (Phi) is 3.43. The Hall–Kier alpha value is -1.42. The van der Waals surface area contributed by atoms with Gasteiger partial charge in [-0.25, -0.2) is 9.18 Å². The maximum absolute atomic E-state index is 14.5. The van der Waals surface area contributed by atoms with Crippen molar-refractivity contribution in [1.29, 1.82) is 0 Å². The van der Waals surface area contributed by atoms with Crippen molar-refractivity contribution in [1.82, 2.24) is 5.32 Å². The molecule has 0 atom stereocenters. The van der Waals surface area contributed by atoms with Gasteiger partial charge < -0.3 is 10.4 Å². The van der Waals surface area contributed by atoms with Crippen LogP contribution in [0.5, 0.6) is 0 Å². The number of piperidine rings is 1. The van der Waals surface area contributed by atoms with E-state index in [2.05, 4.69) is 5.32 Å². The lowest BCUT2D eigenvalue weighted by atomic mass is 9.86. The van der Waals surface area contributed by atoms with Crippen LogP contribution in [0, 0.1) is 0 Å². The maximum Gasteiger partial charge on any atom is 0.335 e. The minimum Gasteiger partial charge on any atom is -0.478 e. The van der Waals surface area contributed by atoms with Gasteiger partial charge in [0.25, 0.3) is 0 Å². The number of carbonyl (C=O) groups is 1. The molecule has 2 N–H and O–H groups in total. The Balaban J connectivity index is 2.20. The summed E-state index contributed by atoms with van der Waals surface area (Å²) >= 11 is 0. The van der Waals surface area contributed by atoms with Crippen molar-refractivity contribution in [3.05, 3.63) is 35.4 Å². The number of hydrogen-bond donors (Lipinski definition) is 2. The van der Waals surface area contributed by atoms with Crippen LogP contribution < -0.4 is 5.32 Å². The van der Waals surface area contributed by atoms with Crippen molar-refractivity contribution in [2.45, 2.75) is 24.9 Å². The normalized spacial score (nSPS) is 18.9. The number of rotatable bonds is 3. The van der Waals surface area contributed by atoms with E-state index in [9.17, 15) is 9.18 Å². The number of halogens is 1. The number of nitrogens with one attached hydrogen (secondary N) is 1. The van der Waals surface area contributed by atoms with E-state index in [-0.39, 0.29) is 12.0 Å². The lowest BCUT2D eigenvalue weighted by molar-refractivity contribution is 0.0693. The van der Waals surface area contributed by atoms with Crippen LogP contribution in [-0.4, -0.2) is 29.8 Å². The molecule has 0 aromatic heterocycles. The number of aromatic carboxylic acids is 1. The predicted octanol–water partition coefficient (Wildman–Crippen LogP) is 2.02. The van der Waals surface area contributed by atoms with Gasteiger partial charge in [-0.3, -0.25) is 0 Å². The maximum atomic E-state index is 14.5. The average molecular weight is 237 g/mol. The summed E-state index contributed by atoms with van der Waals surface area (Å²) in [6, 6.07) is 6.65. The Morgan fingerprint density at radius 2 is 2.00 bits per heavy atom. The van der Waals surface area contributed by atoms with E-state index >= 15 is 0 Å². The van der Waals surface area contributed by atoms with E-state index in [1.54, 1.807) is 18.2 Å². The van der Waals surface area contributed by atoms with Crippen LogP contribution in [0.1, 0.15) is 28.8 Å². The van der Waals surface area contributed by atoms with Gasteiger partial charge in [-0.05, 0) is 37.6 Å². The first kappa shape index (κ1) is 12.0. The topological polar surface area (TPSA) is 49.3 Å². The smallest absolute Gasteiger partial charge is 0.335 e. The van der Waals surface area contributed by atoms with E-state index in [0.29, 0.717) is 31.5 Å². The van der Waals surface area contributed by atoms with Crippen molar-refractivity contribution < 1.29 is 14.3 Å². The van der Waals surface area contributed by atoms with Gasteiger partial charge in [-0.2, -0.15) is 0 Å². The molecule has 17 heavy (non-hydrogen) atoms. The zero-order chi connectivity index (χ0) is 12.3. The highest BCUT2D eigenvalue weighted by Crippen LogP contribution is 2.29. The molecular formula is C13H16FNO2. The molecule has 0 aliphatic carbocycles. The fourth-order valence-electron chi connectivity index (χ4n) is 2.28. The Morgan fingerprint density at radius 1 is 1.35 bits per heavy atom. The largest absolute Gasteiger partial charge is 0.478 e. The molecule has 1 aromatic carbocycles. The zero-order valence-corrected chi connectivity index (χ0v) is 9.58. The third-order valence-electron chi connectivity index (χ3n) is 3.25. The summed E-state index contributed by atoms with van der Waals surface area (Å²) in [6.07, 6.45) is 1.08. The lowest BCUT2D eigenvalue weighted by Crippen LogP contribution is -2.40. The van der Waals surface area contributed by atoms with Crippen molar-refractivity contribution >= 4 is 5.97 Å². The summed E-state index contributed by atoms with van der Waals surface area (Å²) in [7, 11) is 0. The molecule has 0 unspecified atom stereocenters. The number of carboxylic acids is 1. The standard InChI is InChI=1S/C13H16FNO2/c14-13(5-7-15-8-6-13)9-10-3-1-2-4-11(10)12(16)17/h1-4,15H,5-9H2,(H,16,17). The summed E-state index contributed by atoms with van der Waals surface area (Å²) in [6.45, 7) is 1.32. The van der Waals surface area contributed by atoms with E-state index < -0.39 is 11.6 Å². The summed E-state index contributed by atoms with van der Waals surface area (Å²) in [5.41, 5.74) is -0.468. The lowest BCUT2D eigenvalue weighted by Gasteiger charge is -2.30. The molecule has 1 aromatic rings. The molecular weight excluding hydrogens is 221 g/mol. The molecule has 0 radical (unpaired) electrons. The van der Waals surface area contributed by atoms with Gasteiger partial charge in [0, 0.05) is 6.42 Å². The Labute approximate surface area is 99.7 Å². The predicted molar refractivity (Wildman–Crippen MR) is 63.0 cm³/mol. The molecule has 0 saturated carbocycles. The van der Waals surface area contributed by atoms with E-state index in [4.69, 9.17) is 5.11 Å². The molecule has 1 fully saturated rings. The van der Waals surface area contributed by atoms with Gasteiger partial charge >= 0.3 is 5.97 Å². The van der Waals surface area contributed by atoms with E-state index in [1.807, 2.05) is 0 Å². The van der Waals surface area contributed by atoms with Crippen LogP contribution in [-0.2, 0) is 6.42 Å². The van der Waals surface area contributed by atoms with E-state index in [0.717, 1.165) is 0 Å². The number of benzene rings is 1. The van der Waals surface area contributed by atoms with Gasteiger partial charge in [-0.1, -0.05) is 18.2 Å². The first-order chi connectivity index (χ1) is 8.11. The fourth-order valence-corrected chi connectivity index (χ4v) is 2.28. The molecule has 1 heterocycles. The summed E-state index contributed by atoms with van der Waals surface area (Å²) in [5, 5.41) is 12.2. The second kappa shape index (κ2) is 4.84. The molecule has 4 heteroatoms. The van der Waals surface area contributed by atoms with Crippen LogP contribution >= 0.6 is 0 Å². The molecule has 1 saturated heterocycles. The molecule has 92 valence electrons. The summed E-state index contributed by atoms with van der Waals surface area (Å²) in [5.74, 6) is -0.988. The first-order valence-electron chi connectivity index (χ1n) is 5.82. The summed E-state index contributed by atoms with van der Waals surface area (Å²) < 4.78 is 14.5. The van der Waals surface area contributed by atoms with Gasteiger partial charge in [0.05, 0.1) is 5.56 Å². The Morgan fingerprint density at radius 3 is 2.65 bits per heavy atom. The molecule has 0 spiro atoms. The molecule has 0 bridgehead atoms. The van der Waals surface area contributed by atoms with Crippen LogP contribution in [0.15, 0.2) is 24.3 Å². The van der Waals surface area contributed by atoms with Crippen LogP contribution in [0.4, 0.5) is 4.39 Å². The van der Waals surface area contributed by atoms with Gasteiger partial charge in [0.15, 0.2) is 0 Å². The highest BCUT2D eigenvalue weighted by molar-refractivity contribution is 5.89. The number of alkyl halides is 1. The van der Waals surface area contributed by atoms with Crippen LogP contribution in [0.25, 0.3) is 0 Å². The van der Waals surface area contributed by atoms with Crippen molar-refractivity contribution in [2.75, 3.05) is 13.1 Å². The second-order valence-electron chi connectivity index (χ2n) is 4.54. The summed E-state index contributed by atoms with van der Waals surface area (Å²) in [4.78, 5) is 11.0. The third kappa shape index (κ3) is 2.82. The van der Waals surface area contributed by atoms with Crippen molar-refractivity contribution in [3.63, 3.8) is 0 Å². The number of carboxylic acid groups (broad SMARTS) is 1. The SMILES string of the molecule is O=C(O)c1ccccc1CC1(F)CCNCC1. The zero-order valence-electron chi connectivity index (χ0n) is 9.58. The number of hydrogen-bond acceptors (Lipinski definition) is 2. The van der Waals surface area contributed by atoms with Crippen LogP contribution in [0.2, 0.25) is 0 Å². The minimum absolute atomic E-state index is 0.192. The second-order valence-corrected chi connectivity index (χ2v) is 4.54. The minimum atomic E-state index is -1.27. The monoisotopic (exact) mass is 237 g/mol. The van der Waals surface area contributed by atoms with Gasteiger partial charge in [0.1, 0.15) is 5.67 Å². The first-order valence-corrected chi connectivity index (χ1v) is 5.82. The van der Waals surface area contributed by atoms with E-state index in [1.165, 1.54) is 6.07 Å². The van der Waals surface area contributed by atoms with Gasteiger partial charge in [0.2, 0.25) is 0 Å². The molecule has 2 rings (SSSR count). The quantitative estimate of drug-likeness (QED) is 0.845. The van der Waals surface area contributed by atoms with Gasteiger partial charge in [-0.15, -0.1) is 0 Å². The highest BCUT2D eigenvalue weighted by Gasteiger charge is 2.32. The highest BCUT2D eigenvalue weighted by atomic mass is 19.1.